The Bertz CT molecular complexity index is 865. The molecule has 1 amide bonds. The van der Waals surface area contributed by atoms with Crippen molar-refractivity contribution in [2.45, 2.75) is 32.9 Å². The summed E-state index contributed by atoms with van der Waals surface area (Å²) in [6.45, 7) is 4.38. The van der Waals surface area contributed by atoms with Gasteiger partial charge in [-0.25, -0.2) is 4.79 Å². The van der Waals surface area contributed by atoms with E-state index in [1.807, 2.05) is 37.3 Å². The highest BCUT2D eigenvalue weighted by Crippen LogP contribution is 2.28. The summed E-state index contributed by atoms with van der Waals surface area (Å²) in [7, 11) is 1.44. The molecule has 0 aliphatic rings. The minimum atomic E-state index is -0.973. The van der Waals surface area contributed by atoms with Crippen LogP contribution in [0, 0.1) is 0 Å². The van der Waals surface area contributed by atoms with Gasteiger partial charge in [-0.2, -0.15) is 0 Å². The lowest BCUT2D eigenvalue weighted by Crippen LogP contribution is -2.38. The number of esters is 1. The summed E-state index contributed by atoms with van der Waals surface area (Å²) in [4.78, 5) is 35.7. The van der Waals surface area contributed by atoms with Crippen molar-refractivity contribution in [2.75, 3.05) is 13.7 Å². The molecule has 0 saturated carbocycles. The zero-order chi connectivity index (χ0) is 21.4. The summed E-state index contributed by atoms with van der Waals surface area (Å²) < 4.78 is 15.7. The predicted molar refractivity (Wildman–Crippen MR) is 107 cm³/mol. The average Bonchev–Trinajstić information content (AvgIpc) is 2.72. The van der Waals surface area contributed by atoms with E-state index in [0.717, 1.165) is 5.56 Å². The van der Waals surface area contributed by atoms with E-state index in [0.29, 0.717) is 17.1 Å². The largest absolute Gasteiger partial charge is 0.493 e. The van der Waals surface area contributed by atoms with Gasteiger partial charge in [-0.05, 0) is 44.5 Å². The maximum Gasteiger partial charge on any atom is 0.344 e. The zero-order valence-corrected chi connectivity index (χ0v) is 16.9. The van der Waals surface area contributed by atoms with Crippen LogP contribution in [-0.4, -0.2) is 37.5 Å². The lowest BCUT2D eigenvalue weighted by molar-refractivity contribution is -0.156. The third kappa shape index (κ3) is 6.34. The summed E-state index contributed by atoms with van der Waals surface area (Å²) in [5.74, 6) is -0.591. The molecule has 0 radical (unpaired) electrons. The van der Waals surface area contributed by atoms with Crippen molar-refractivity contribution >= 4 is 17.7 Å². The number of carbonyl (C=O) groups excluding carboxylic acids is 3. The van der Waals surface area contributed by atoms with Crippen molar-refractivity contribution < 1.29 is 28.6 Å². The smallest absolute Gasteiger partial charge is 0.344 e. The maximum absolute atomic E-state index is 12.3. The summed E-state index contributed by atoms with van der Waals surface area (Å²) in [5.41, 5.74) is 1.42. The van der Waals surface area contributed by atoms with Gasteiger partial charge < -0.3 is 19.5 Å². The number of Topliss-reactive ketones (excluding diaryl/α,β-unsaturated/α-hetero) is 1. The Kier molecular flexibility index (Phi) is 7.77. The third-order valence-corrected chi connectivity index (χ3v) is 4.25. The van der Waals surface area contributed by atoms with Crippen molar-refractivity contribution in [1.82, 2.24) is 5.32 Å². The first kappa shape index (κ1) is 21.9. The molecule has 7 heteroatoms. The van der Waals surface area contributed by atoms with E-state index in [2.05, 4.69) is 5.32 Å². The van der Waals surface area contributed by atoms with Crippen molar-refractivity contribution in [3.05, 3.63) is 59.7 Å². The minimum Gasteiger partial charge on any atom is -0.493 e. The second-order valence-corrected chi connectivity index (χ2v) is 6.48. The number of amides is 1. The molecule has 2 aromatic carbocycles. The molecule has 0 heterocycles. The van der Waals surface area contributed by atoms with Crippen molar-refractivity contribution in [1.29, 1.82) is 0 Å². The molecule has 29 heavy (non-hydrogen) atoms. The summed E-state index contributed by atoms with van der Waals surface area (Å²) in [6, 6.07) is 13.9. The first-order chi connectivity index (χ1) is 13.8. The van der Waals surface area contributed by atoms with E-state index in [4.69, 9.17) is 14.2 Å². The average molecular weight is 399 g/mol. The Morgan fingerprint density at radius 2 is 1.69 bits per heavy atom. The Morgan fingerprint density at radius 1 is 1.00 bits per heavy atom. The summed E-state index contributed by atoms with van der Waals surface area (Å²) in [5, 5.41) is 2.80. The second kappa shape index (κ2) is 10.3. The van der Waals surface area contributed by atoms with E-state index < -0.39 is 24.6 Å². The quantitative estimate of drug-likeness (QED) is 0.515. The zero-order valence-electron chi connectivity index (χ0n) is 16.9. The first-order valence-corrected chi connectivity index (χ1v) is 9.18. The van der Waals surface area contributed by atoms with Gasteiger partial charge in [-0.1, -0.05) is 30.3 Å². The molecule has 0 saturated heterocycles. The highest BCUT2D eigenvalue weighted by Gasteiger charge is 2.20. The molecule has 0 aromatic heterocycles. The molecule has 0 aliphatic heterocycles. The SMILES string of the molecule is COc1cc(C(C)=O)ccc1OCC(=O)OC(C)C(=O)NC(C)c1ccccc1. The fraction of sp³-hybridized carbons (Fsp3) is 0.318. The van der Waals surface area contributed by atoms with Gasteiger partial charge >= 0.3 is 5.97 Å². The maximum atomic E-state index is 12.3. The van der Waals surface area contributed by atoms with Crippen LogP contribution in [-0.2, 0) is 14.3 Å². The molecule has 7 nitrogen and oxygen atoms in total. The van der Waals surface area contributed by atoms with Crippen LogP contribution in [0.25, 0.3) is 0 Å². The van der Waals surface area contributed by atoms with Crippen molar-refractivity contribution in [2.24, 2.45) is 0 Å². The van der Waals surface area contributed by atoms with Crippen LogP contribution in [0.3, 0.4) is 0 Å². The molecule has 2 atom stereocenters. The van der Waals surface area contributed by atoms with E-state index >= 15 is 0 Å². The number of benzene rings is 2. The van der Waals surface area contributed by atoms with Crippen LogP contribution in [0.1, 0.15) is 42.7 Å². The summed E-state index contributed by atoms with van der Waals surface area (Å²) >= 11 is 0. The molecule has 0 bridgehead atoms. The van der Waals surface area contributed by atoms with E-state index in [1.54, 1.807) is 12.1 Å². The van der Waals surface area contributed by atoms with Crippen LogP contribution in [0.4, 0.5) is 0 Å². The van der Waals surface area contributed by atoms with E-state index in [1.165, 1.54) is 27.0 Å². The number of carbonyl (C=O) groups is 3. The van der Waals surface area contributed by atoms with Gasteiger partial charge in [-0.3, -0.25) is 9.59 Å². The molecule has 1 N–H and O–H groups in total. The molecule has 2 rings (SSSR count). The molecule has 0 fully saturated rings. The monoisotopic (exact) mass is 399 g/mol. The van der Waals surface area contributed by atoms with Crippen LogP contribution in [0.15, 0.2) is 48.5 Å². The topological polar surface area (TPSA) is 90.9 Å². The van der Waals surface area contributed by atoms with Crippen molar-refractivity contribution in [3.63, 3.8) is 0 Å². The van der Waals surface area contributed by atoms with E-state index in [9.17, 15) is 14.4 Å². The van der Waals surface area contributed by atoms with Crippen LogP contribution < -0.4 is 14.8 Å². The Balaban J connectivity index is 1.87. The predicted octanol–water partition coefficient (Wildman–Crippen LogP) is 3.09. The molecular weight excluding hydrogens is 374 g/mol. The lowest BCUT2D eigenvalue weighted by atomic mass is 10.1. The number of nitrogens with one attached hydrogen (secondary N) is 1. The highest BCUT2D eigenvalue weighted by atomic mass is 16.6. The molecular formula is C22H25NO6. The van der Waals surface area contributed by atoms with Gasteiger partial charge in [0.25, 0.3) is 5.91 Å². The van der Waals surface area contributed by atoms with Gasteiger partial charge in [0.1, 0.15) is 0 Å². The number of methoxy groups -OCH3 is 1. The normalized spacial score (nSPS) is 12.4. The number of rotatable bonds is 9. The Labute approximate surface area is 170 Å². The molecule has 0 aliphatic carbocycles. The molecule has 0 spiro atoms. The van der Waals surface area contributed by atoms with Crippen molar-refractivity contribution in [3.8, 4) is 11.5 Å². The summed E-state index contributed by atoms with van der Waals surface area (Å²) in [6.07, 6.45) is -0.973. The fourth-order valence-corrected chi connectivity index (χ4v) is 2.58. The van der Waals surface area contributed by atoms with E-state index in [-0.39, 0.29) is 11.8 Å². The first-order valence-electron chi connectivity index (χ1n) is 9.18. The van der Waals surface area contributed by atoms with Gasteiger partial charge in [-0.15, -0.1) is 0 Å². The highest BCUT2D eigenvalue weighted by molar-refractivity contribution is 5.94. The molecule has 154 valence electrons. The lowest BCUT2D eigenvalue weighted by Gasteiger charge is -2.18. The fourth-order valence-electron chi connectivity index (χ4n) is 2.58. The Hall–Kier alpha value is -3.35. The number of hydrogen-bond acceptors (Lipinski definition) is 6. The van der Waals surface area contributed by atoms with Gasteiger partial charge in [0.2, 0.25) is 0 Å². The third-order valence-electron chi connectivity index (χ3n) is 4.25. The number of ketones is 1. The number of ether oxygens (including phenoxy) is 3. The van der Waals surface area contributed by atoms with Crippen LogP contribution in [0.2, 0.25) is 0 Å². The second-order valence-electron chi connectivity index (χ2n) is 6.48. The molecule has 2 aromatic rings. The minimum absolute atomic E-state index is 0.112. The molecule has 2 unspecified atom stereocenters. The van der Waals surface area contributed by atoms with Gasteiger partial charge in [0.05, 0.1) is 13.2 Å². The standard InChI is InChI=1S/C22H25NO6/c1-14(17-8-6-5-7-9-17)23-22(26)16(3)29-21(25)13-28-19-11-10-18(15(2)24)12-20(19)27-4/h5-12,14,16H,13H2,1-4H3,(H,23,26). The van der Waals surface area contributed by atoms with Gasteiger partial charge in [0, 0.05) is 5.56 Å². The van der Waals surface area contributed by atoms with Crippen LogP contribution in [0.5, 0.6) is 11.5 Å². The van der Waals surface area contributed by atoms with Crippen LogP contribution >= 0.6 is 0 Å². The van der Waals surface area contributed by atoms with Gasteiger partial charge in [0.15, 0.2) is 30.0 Å². The Morgan fingerprint density at radius 3 is 2.31 bits per heavy atom. The number of hydrogen-bond donors (Lipinski definition) is 1.